The molecule has 4 nitrogen and oxygen atoms in total. The van der Waals surface area contributed by atoms with E-state index in [1.54, 1.807) is 7.11 Å². The van der Waals surface area contributed by atoms with Gasteiger partial charge in [0.05, 0.1) is 23.3 Å². The Bertz CT molecular complexity index is 300. The summed E-state index contributed by atoms with van der Waals surface area (Å²) in [5, 5.41) is 0. The van der Waals surface area contributed by atoms with E-state index in [1.807, 2.05) is 0 Å². The van der Waals surface area contributed by atoms with Crippen LogP contribution in [-0.4, -0.2) is 30.5 Å². The number of nitrogens with two attached hydrogens (primary N) is 1. The van der Waals surface area contributed by atoms with Crippen molar-refractivity contribution in [3.05, 3.63) is 0 Å². The van der Waals surface area contributed by atoms with Gasteiger partial charge >= 0.3 is 0 Å². The van der Waals surface area contributed by atoms with Crippen LogP contribution in [0.4, 0.5) is 0 Å². The number of ether oxygens (including phenoxy) is 2. The van der Waals surface area contributed by atoms with Crippen molar-refractivity contribution in [2.75, 3.05) is 7.11 Å². The van der Waals surface area contributed by atoms with Gasteiger partial charge in [0, 0.05) is 13.0 Å². The average molecular weight is 256 g/mol. The van der Waals surface area contributed by atoms with Crippen LogP contribution in [0.1, 0.15) is 47.0 Å². The Labute approximate surface area is 111 Å². The molecule has 3 N–H and O–H groups in total. The van der Waals surface area contributed by atoms with Crippen LogP contribution < -0.4 is 11.3 Å². The molecule has 18 heavy (non-hydrogen) atoms. The Kier molecular flexibility index (Phi) is 3.76. The zero-order chi connectivity index (χ0) is 13.6. The fourth-order valence-electron chi connectivity index (χ4n) is 3.66. The van der Waals surface area contributed by atoms with Crippen molar-refractivity contribution in [3.63, 3.8) is 0 Å². The van der Waals surface area contributed by atoms with Crippen LogP contribution in [-0.2, 0) is 9.47 Å². The van der Waals surface area contributed by atoms with Crippen LogP contribution in [0.3, 0.4) is 0 Å². The number of nitrogens with one attached hydrogen (secondary N) is 1. The minimum Gasteiger partial charge on any atom is -0.379 e. The Balaban J connectivity index is 2.16. The Morgan fingerprint density at radius 1 is 1.28 bits per heavy atom. The van der Waals surface area contributed by atoms with E-state index in [2.05, 4.69) is 33.1 Å². The van der Waals surface area contributed by atoms with E-state index < -0.39 is 0 Å². The lowest BCUT2D eigenvalue weighted by molar-refractivity contribution is -0.0854. The zero-order valence-corrected chi connectivity index (χ0v) is 12.3. The molecule has 0 amide bonds. The van der Waals surface area contributed by atoms with E-state index in [9.17, 15) is 0 Å². The average Bonchev–Trinajstić information content (AvgIpc) is 3.01. The number of hydrazine groups is 1. The van der Waals surface area contributed by atoms with Crippen molar-refractivity contribution in [1.29, 1.82) is 0 Å². The van der Waals surface area contributed by atoms with Gasteiger partial charge < -0.3 is 9.47 Å². The van der Waals surface area contributed by atoms with E-state index in [4.69, 9.17) is 15.3 Å². The maximum Gasteiger partial charge on any atom is 0.0769 e. The summed E-state index contributed by atoms with van der Waals surface area (Å²) in [4.78, 5) is 0. The summed E-state index contributed by atoms with van der Waals surface area (Å²) < 4.78 is 11.9. The monoisotopic (exact) mass is 256 g/mol. The first kappa shape index (κ1) is 14.3. The maximum absolute atomic E-state index is 6.18. The maximum atomic E-state index is 6.18. The highest BCUT2D eigenvalue weighted by Crippen LogP contribution is 2.47. The van der Waals surface area contributed by atoms with E-state index >= 15 is 0 Å². The van der Waals surface area contributed by atoms with Gasteiger partial charge in [0.2, 0.25) is 0 Å². The molecular formula is C14H28N2O2. The van der Waals surface area contributed by atoms with Crippen LogP contribution in [0, 0.1) is 11.8 Å². The number of hydrogen-bond acceptors (Lipinski definition) is 4. The highest BCUT2D eigenvalue weighted by molar-refractivity contribution is 5.03. The van der Waals surface area contributed by atoms with Crippen molar-refractivity contribution in [1.82, 2.24) is 5.43 Å². The molecule has 0 bridgehead atoms. The molecule has 0 spiro atoms. The Morgan fingerprint density at radius 2 is 1.89 bits per heavy atom. The molecule has 1 heterocycles. The van der Waals surface area contributed by atoms with Gasteiger partial charge in [0.1, 0.15) is 0 Å². The summed E-state index contributed by atoms with van der Waals surface area (Å²) in [6, 6.07) is 0.166. The van der Waals surface area contributed by atoms with Gasteiger partial charge in [-0.25, -0.2) is 0 Å². The van der Waals surface area contributed by atoms with Crippen molar-refractivity contribution in [2.24, 2.45) is 17.7 Å². The third-order valence-electron chi connectivity index (χ3n) is 4.48. The lowest BCUT2D eigenvalue weighted by Gasteiger charge is -2.36. The lowest BCUT2D eigenvalue weighted by atomic mass is 9.79. The molecule has 0 aromatic rings. The van der Waals surface area contributed by atoms with Crippen LogP contribution in [0.2, 0.25) is 0 Å². The molecule has 2 rings (SSSR count). The largest absolute Gasteiger partial charge is 0.379 e. The molecule has 2 fully saturated rings. The van der Waals surface area contributed by atoms with Crippen LogP contribution in [0.5, 0.6) is 0 Å². The van der Waals surface area contributed by atoms with E-state index in [0.29, 0.717) is 11.8 Å². The Hall–Kier alpha value is -0.160. The van der Waals surface area contributed by atoms with Gasteiger partial charge in [-0.3, -0.25) is 11.3 Å². The van der Waals surface area contributed by atoms with Crippen molar-refractivity contribution in [2.45, 2.75) is 70.3 Å². The molecule has 1 aliphatic carbocycles. The number of hydrogen-bond donors (Lipinski definition) is 2. The third kappa shape index (κ3) is 2.72. The van der Waals surface area contributed by atoms with Gasteiger partial charge in [0.25, 0.3) is 0 Å². The molecule has 0 aromatic heterocycles. The SMILES string of the molecule is COC(C1CC1)C(NN)C1CC(C)(C)OC1(C)C. The Morgan fingerprint density at radius 3 is 2.22 bits per heavy atom. The molecule has 2 aliphatic rings. The van der Waals surface area contributed by atoms with Gasteiger partial charge in [-0.1, -0.05) is 0 Å². The van der Waals surface area contributed by atoms with Crippen molar-refractivity contribution in [3.8, 4) is 0 Å². The minimum atomic E-state index is -0.161. The second-order valence-electron chi connectivity index (χ2n) is 7.01. The molecular weight excluding hydrogens is 228 g/mol. The summed E-state index contributed by atoms with van der Waals surface area (Å²) in [5.41, 5.74) is 2.77. The highest BCUT2D eigenvalue weighted by Gasteiger charge is 2.52. The molecule has 4 heteroatoms. The molecule has 1 aliphatic heterocycles. The molecule has 3 unspecified atom stereocenters. The van der Waals surface area contributed by atoms with E-state index in [1.165, 1.54) is 12.8 Å². The van der Waals surface area contributed by atoms with Gasteiger partial charge in [0.15, 0.2) is 0 Å². The quantitative estimate of drug-likeness (QED) is 0.582. The first-order valence-corrected chi connectivity index (χ1v) is 7.00. The molecule has 1 saturated carbocycles. The third-order valence-corrected chi connectivity index (χ3v) is 4.48. The smallest absolute Gasteiger partial charge is 0.0769 e. The zero-order valence-electron chi connectivity index (χ0n) is 12.3. The molecule has 1 saturated heterocycles. The summed E-state index contributed by atoms with van der Waals surface area (Å²) >= 11 is 0. The van der Waals surface area contributed by atoms with E-state index in [0.717, 1.165) is 6.42 Å². The van der Waals surface area contributed by atoms with Crippen LogP contribution in [0.25, 0.3) is 0 Å². The van der Waals surface area contributed by atoms with Crippen molar-refractivity contribution >= 4 is 0 Å². The predicted molar refractivity (Wildman–Crippen MR) is 72.0 cm³/mol. The van der Waals surface area contributed by atoms with Crippen molar-refractivity contribution < 1.29 is 9.47 Å². The molecule has 106 valence electrons. The number of methoxy groups -OCH3 is 1. The van der Waals surface area contributed by atoms with Gasteiger partial charge in [-0.2, -0.15) is 0 Å². The first-order valence-electron chi connectivity index (χ1n) is 7.00. The number of rotatable bonds is 5. The fourth-order valence-corrected chi connectivity index (χ4v) is 3.66. The summed E-state index contributed by atoms with van der Waals surface area (Å²) in [6.45, 7) is 8.63. The predicted octanol–water partition coefficient (Wildman–Crippen LogP) is 1.84. The molecule has 0 radical (unpaired) electrons. The van der Waals surface area contributed by atoms with E-state index in [-0.39, 0.29) is 23.3 Å². The molecule has 3 atom stereocenters. The first-order chi connectivity index (χ1) is 8.30. The normalized spacial score (nSPS) is 33.3. The summed E-state index contributed by atoms with van der Waals surface area (Å²) in [5.74, 6) is 6.86. The highest BCUT2D eigenvalue weighted by atomic mass is 16.5. The van der Waals surface area contributed by atoms with Gasteiger partial charge in [-0.15, -0.1) is 0 Å². The second kappa shape index (κ2) is 4.75. The van der Waals surface area contributed by atoms with Crippen LogP contribution in [0.15, 0.2) is 0 Å². The standard InChI is InChI=1S/C14H28N2O2/c1-13(2)8-10(14(3,4)18-13)11(16-15)12(17-5)9-6-7-9/h9-12,16H,6-8,15H2,1-5H3. The van der Waals surface area contributed by atoms with Crippen LogP contribution >= 0.6 is 0 Å². The van der Waals surface area contributed by atoms with Gasteiger partial charge in [-0.05, 0) is 52.9 Å². The summed E-state index contributed by atoms with van der Waals surface area (Å²) in [7, 11) is 1.79. The summed E-state index contributed by atoms with van der Waals surface area (Å²) in [6.07, 6.45) is 3.74. The topological polar surface area (TPSA) is 56.5 Å². The second-order valence-corrected chi connectivity index (χ2v) is 7.01. The fraction of sp³-hybridized carbons (Fsp3) is 1.00. The lowest BCUT2D eigenvalue weighted by Crippen LogP contribution is -2.54. The minimum absolute atomic E-state index is 0.0783. The molecule has 0 aromatic carbocycles.